The number of aromatic nitrogens is 1. The van der Waals surface area contributed by atoms with Crippen molar-refractivity contribution in [2.24, 2.45) is 5.92 Å². The third kappa shape index (κ3) is 5.10. The van der Waals surface area contributed by atoms with Crippen molar-refractivity contribution in [1.29, 1.82) is 0 Å². The first kappa shape index (κ1) is 18.1. The lowest BCUT2D eigenvalue weighted by Crippen LogP contribution is -2.23. The predicted molar refractivity (Wildman–Crippen MR) is 86.2 cm³/mol. The van der Waals surface area contributed by atoms with Gasteiger partial charge in [-0.2, -0.15) is 4.37 Å². The van der Waals surface area contributed by atoms with Crippen LogP contribution in [-0.4, -0.2) is 51.0 Å². The Kier molecular flexibility index (Phi) is 6.85. The number of sulfonamides is 1. The van der Waals surface area contributed by atoms with E-state index in [1.165, 1.54) is 14.1 Å². The topological polar surface area (TPSA) is 97.5 Å². The minimum Gasteiger partial charge on any atom is -0.382 e. The molecule has 0 atom stereocenters. The van der Waals surface area contributed by atoms with Gasteiger partial charge in [-0.05, 0) is 23.9 Å². The maximum absolute atomic E-state index is 12.2. The summed E-state index contributed by atoms with van der Waals surface area (Å²) in [5, 5.41) is 3.55. The van der Waals surface area contributed by atoms with E-state index >= 15 is 0 Å². The number of nitrogens with two attached hydrogens (primary N) is 1. The average Bonchev–Trinajstić information content (AvgIpc) is 2.75. The monoisotopic (exact) mass is 336 g/mol. The fraction of sp³-hybridized carbons (Fsp3) is 0.750. The second-order valence-corrected chi connectivity index (χ2v) is 8.12. The summed E-state index contributed by atoms with van der Waals surface area (Å²) in [6.45, 7) is 6.16. The molecule has 0 bridgehead atoms. The van der Waals surface area contributed by atoms with Crippen molar-refractivity contribution in [2.75, 3.05) is 44.9 Å². The summed E-state index contributed by atoms with van der Waals surface area (Å²) in [7, 11) is -0.655. The van der Waals surface area contributed by atoms with Crippen molar-refractivity contribution < 1.29 is 13.2 Å². The smallest absolute Gasteiger partial charge is 0.249 e. The van der Waals surface area contributed by atoms with E-state index in [-0.39, 0.29) is 10.7 Å². The van der Waals surface area contributed by atoms with Gasteiger partial charge in [0.05, 0.1) is 0 Å². The van der Waals surface area contributed by atoms with Gasteiger partial charge in [0, 0.05) is 33.9 Å². The Morgan fingerprint density at radius 2 is 2.10 bits per heavy atom. The highest BCUT2D eigenvalue weighted by Crippen LogP contribution is 2.32. The molecular formula is C12H24N4O3S2. The molecule has 0 aliphatic carbocycles. The molecule has 21 heavy (non-hydrogen) atoms. The Morgan fingerprint density at radius 3 is 2.67 bits per heavy atom. The molecule has 0 aliphatic heterocycles. The molecule has 0 radical (unpaired) electrons. The van der Waals surface area contributed by atoms with Crippen molar-refractivity contribution in [2.45, 2.75) is 25.2 Å². The number of rotatable bonds is 9. The summed E-state index contributed by atoms with van der Waals surface area (Å²) in [5.41, 5.74) is 5.68. The highest BCUT2D eigenvalue weighted by atomic mass is 32.2. The van der Waals surface area contributed by atoms with Gasteiger partial charge in [-0.1, -0.05) is 13.8 Å². The SMILES string of the molecule is CC(C)COCCCNc1snc(N)c1S(=O)(=O)N(C)C. The van der Waals surface area contributed by atoms with Crippen LogP contribution in [0.15, 0.2) is 4.90 Å². The van der Waals surface area contributed by atoms with Gasteiger partial charge in [0.15, 0.2) is 10.7 Å². The maximum Gasteiger partial charge on any atom is 0.249 e. The van der Waals surface area contributed by atoms with Crippen LogP contribution in [0.3, 0.4) is 0 Å². The molecule has 7 nitrogen and oxygen atoms in total. The number of hydrogen-bond acceptors (Lipinski definition) is 7. The van der Waals surface area contributed by atoms with E-state index in [9.17, 15) is 8.42 Å². The molecule has 0 amide bonds. The standard InChI is InChI=1S/C12H24N4O3S2/c1-9(2)8-19-7-5-6-14-12-10(11(13)15-20-12)21(17,18)16(3)4/h9,14H,5-8H2,1-4H3,(H2,13,15). The first-order valence-electron chi connectivity index (χ1n) is 6.76. The summed E-state index contributed by atoms with van der Waals surface area (Å²) >= 11 is 1.06. The molecule has 0 aliphatic rings. The van der Waals surface area contributed by atoms with Crippen LogP contribution in [0.4, 0.5) is 10.8 Å². The molecule has 0 aromatic carbocycles. The molecule has 3 N–H and O–H groups in total. The van der Waals surface area contributed by atoms with Crippen LogP contribution in [0.25, 0.3) is 0 Å². The Bertz CT molecular complexity index is 541. The second-order valence-electron chi connectivity index (χ2n) is 5.26. The second kappa shape index (κ2) is 7.92. The zero-order valence-electron chi connectivity index (χ0n) is 12.9. The van der Waals surface area contributed by atoms with Gasteiger partial charge in [-0.25, -0.2) is 12.7 Å². The minimum atomic E-state index is -3.59. The van der Waals surface area contributed by atoms with Crippen LogP contribution < -0.4 is 11.1 Å². The van der Waals surface area contributed by atoms with E-state index < -0.39 is 10.0 Å². The summed E-state index contributed by atoms with van der Waals surface area (Å²) in [6.07, 6.45) is 0.784. The third-order valence-corrected chi connectivity index (χ3v) is 5.45. The van der Waals surface area contributed by atoms with Crippen LogP contribution >= 0.6 is 11.5 Å². The van der Waals surface area contributed by atoms with Crippen molar-refractivity contribution in [1.82, 2.24) is 8.68 Å². The normalized spacial score (nSPS) is 12.3. The Morgan fingerprint density at radius 1 is 1.43 bits per heavy atom. The van der Waals surface area contributed by atoms with E-state index in [1.54, 1.807) is 0 Å². The van der Waals surface area contributed by atoms with E-state index in [2.05, 4.69) is 23.5 Å². The summed E-state index contributed by atoms with van der Waals surface area (Å²) in [6, 6.07) is 0. The quantitative estimate of drug-likeness (QED) is 0.662. The van der Waals surface area contributed by atoms with Crippen LogP contribution in [0.1, 0.15) is 20.3 Å². The first-order valence-corrected chi connectivity index (χ1v) is 8.97. The van der Waals surface area contributed by atoms with E-state index in [1.807, 2.05) is 0 Å². The average molecular weight is 336 g/mol. The van der Waals surface area contributed by atoms with Crippen LogP contribution in [-0.2, 0) is 14.8 Å². The molecule has 1 rings (SSSR count). The third-order valence-electron chi connectivity index (χ3n) is 2.62. The summed E-state index contributed by atoms with van der Waals surface area (Å²) in [5.74, 6) is 0.545. The fourth-order valence-electron chi connectivity index (χ4n) is 1.53. The molecule has 0 saturated heterocycles. The van der Waals surface area contributed by atoms with Crippen LogP contribution in [0.2, 0.25) is 0 Å². The van der Waals surface area contributed by atoms with E-state index in [0.717, 1.165) is 28.9 Å². The number of ether oxygens (including phenoxy) is 1. The van der Waals surface area contributed by atoms with Crippen LogP contribution in [0.5, 0.6) is 0 Å². The molecule has 0 saturated carbocycles. The number of nitrogens with one attached hydrogen (secondary N) is 1. The highest BCUT2D eigenvalue weighted by molar-refractivity contribution is 7.89. The molecule has 1 aromatic rings. The van der Waals surface area contributed by atoms with Gasteiger partial charge in [0.1, 0.15) is 5.00 Å². The largest absolute Gasteiger partial charge is 0.382 e. The molecule has 0 unspecified atom stereocenters. The Balaban J connectivity index is 2.58. The molecule has 122 valence electrons. The molecule has 0 spiro atoms. The number of hydrogen-bond donors (Lipinski definition) is 2. The molecule has 1 heterocycles. The van der Waals surface area contributed by atoms with E-state index in [4.69, 9.17) is 10.5 Å². The Labute approximate surface area is 130 Å². The lowest BCUT2D eigenvalue weighted by Gasteiger charge is -2.13. The van der Waals surface area contributed by atoms with Gasteiger partial charge >= 0.3 is 0 Å². The van der Waals surface area contributed by atoms with Gasteiger partial charge in [0.2, 0.25) is 10.0 Å². The number of anilines is 2. The molecule has 9 heteroatoms. The molecular weight excluding hydrogens is 312 g/mol. The first-order chi connectivity index (χ1) is 9.76. The summed E-state index contributed by atoms with van der Waals surface area (Å²) in [4.78, 5) is 0.0561. The zero-order chi connectivity index (χ0) is 16.0. The fourth-order valence-corrected chi connectivity index (χ4v) is 3.64. The number of nitrogen functional groups attached to an aromatic ring is 1. The lowest BCUT2D eigenvalue weighted by atomic mass is 10.2. The van der Waals surface area contributed by atoms with Crippen molar-refractivity contribution in [3.05, 3.63) is 0 Å². The maximum atomic E-state index is 12.2. The highest BCUT2D eigenvalue weighted by Gasteiger charge is 2.27. The van der Waals surface area contributed by atoms with Gasteiger partial charge < -0.3 is 15.8 Å². The number of nitrogens with zero attached hydrogens (tertiary/aromatic N) is 2. The van der Waals surface area contributed by atoms with Gasteiger partial charge in [-0.15, -0.1) is 0 Å². The molecule has 0 fully saturated rings. The van der Waals surface area contributed by atoms with Crippen LogP contribution in [0, 0.1) is 5.92 Å². The molecule has 1 aromatic heterocycles. The van der Waals surface area contributed by atoms with Gasteiger partial charge in [0.25, 0.3) is 0 Å². The summed E-state index contributed by atoms with van der Waals surface area (Å²) < 4.78 is 34.9. The lowest BCUT2D eigenvalue weighted by molar-refractivity contribution is 0.110. The Hall–Kier alpha value is -0.900. The zero-order valence-corrected chi connectivity index (χ0v) is 14.6. The predicted octanol–water partition coefficient (Wildman–Crippen LogP) is 1.45. The van der Waals surface area contributed by atoms with Crippen molar-refractivity contribution in [3.8, 4) is 0 Å². The van der Waals surface area contributed by atoms with E-state index in [0.29, 0.717) is 24.1 Å². The van der Waals surface area contributed by atoms with Crippen molar-refractivity contribution in [3.63, 3.8) is 0 Å². The van der Waals surface area contributed by atoms with Gasteiger partial charge in [-0.3, -0.25) is 0 Å². The van der Waals surface area contributed by atoms with Crippen molar-refractivity contribution >= 4 is 32.4 Å². The minimum absolute atomic E-state index is 0.0345.